The maximum absolute atomic E-state index is 6.36. The summed E-state index contributed by atoms with van der Waals surface area (Å²) >= 11 is 0. The van der Waals surface area contributed by atoms with Crippen molar-refractivity contribution in [2.45, 2.75) is 39.8 Å². The maximum Gasteiger partial charge on any atom is 0.0948 e. The van der Waals surface area contributed by atoms with Gasteiger partial charge in [0.05, 0.1) is 18.1 Å². The van der Waals surface area contributed by atoms with Crippen LogP contribution in [0.25, 0.3) is 0 Å². The number of benzene rings is 1. The molecule has 0 saturated carbocycles. The second kappa shape index (κ2) is 6.71. The molecule has 108 valence electrons. The van der Waals surface area contributed by atoms with Crippen molar-refractivity contribution in [3.05, 3.63) is 54.1 Å². The highest BCUT2D eigenvalue weighted by molar-refractivity contribution is 5.18. The van der Waals surface area contributed by atoms with Crippen molar-refractivity contribution in [1.82, 2.24) is 9.55 Å². The predicted octanol–water partition coefficient (Wildman–Crippen LogP) is 3.42. The van der Waals surface area contributed by atoms with Crippen LogP contribution in [0.3, 0.4) is 0 Å². The summed E-state index contributed by atoms with van der Waals surface area (Å²) in [4.78, 5) is 4.28. The van der Waals surface area contributed by atoms with Crippen molar-refractivity contribution in [3.63, 3.8) is 0 Å². The molecule has 0 amide bonds. The largest absolute Gasteiger partial charge is 0.333 e. The number of nitrogens with two attached hydrogens (primary N) is 1. The molecule has 0 aliphatic heterocycles. The molecular weight excluding hydrogens is 246 g/mol. The Labute approximate surface area is 121 Å². The summed E-state index contributed by atoms with van der Waals surface area (Å²) in [6.07, 6.45) is 4.66. The van der Waals surface area contributed by atoms with Gasteiger partial charge in [-0.05, 0) is 23.8 Å². The van der Waals surface area contributed by atoms with Gasteiger partial charge in [-0.3, -0.25) is 0 Å². The van der Waals surface area contributed by atoms with Crippen LogP contribution in [0, 0.1) is 11.8 Å². The van der Waals surface area contributed by atoms with Crippen molar-refractivity contribution in [2.75, 3.05) is 0 Å². The van der Waals surface area contributed by atoms with Crippen molar-refractivity contribution in [1.29, 1.82) is 0 Å². The zero-order valence-corrected chi connectivity index (χ0v) is 12.7. The minimum absolute atomic E-state index is 0.000683. The zero-order chi connectivity index (χ0) is 14.5. The van der Waals surface area contributed by atoms with Crippen LogP contribution in [0.15, 0.2) is 42.9 Å². The minimum Gasteiger partial charge on any atom is -0.333 e. The van der Waals surface area contributed by atoms with E-state index in [1.165, 1.54) is 5.56 Å². The van der Waals surface area contributed by atoms with E-state index in [0.29, 0.717) is 11.8 Å². The molecule has 20 heavy (non-hydrogen) atoms. The molecule has 2 N–H and O–H groups in total. The molecule has 3 nitrogen and oxygen atoms in total. The van der Waals surface area contributed by atoms with Crippen molar-refractivity contribution in [2.24, 2.45) is 17.6 Å². The first kappa shape index (κ1) is 14.8. The van der Waals surface area contributed by atoms with Crippen molar-refractivity contribution < 1.29 is 0 Å². The molecule has 0 bridgehead atoms. The van der Waals surface area contributed by atoms with Crippen LogP contribution in [0.1, 0.15) is 38.1 Å². The topological polar surface area (TPSA) is 43.8 Å². The monoisotopic (exact) mass is 271 g/mol. The first-order valence-corrected chi connectivity index (χ1v) is 7.37. The quantitative estimate of drug-likeness (QED) is 0.875. The number of nitrogens with zero attached hydrogens (tertiary/aromatic N) is 2. The van der Waals surface area contributed by atoms with E-state index < -0.39 is 0 Å². The molecule has 2 aromatic rings. The van der Waals surface area contributed by atoms with Gasteiger partial charge in [0.2, 0.25) is 0 Å². The van der Waals surface area contributed by atoms with E-state index in [9.17, 15) is 0 Å². The van der Waals surface area contributed by atoms with Gasteiger partial charge in [-0.2, -0.15) is 0 Å². The lowest BCUT2D eigenvalue weighted by Gasteiger charge is -2.20. The van der Waals surface area contributed by atoms with Gasteiger partial charge in [-0.15, -0.1) is 0 Å². The van der Waals surface area contributed by atoms with Gasteiger partial charge >= 0.3 is 0 Å². The average Bonchev–Trinajstić information content (AvgIpc) is 2.88. The molecule has 1 aromatic carbocycles. The Hall–Kier alpha value is -1.61. The first-order chi connectivity index (χ1) is 9.58. The van der Waals surface area contributed by atoms with Crippen LogP contribution in [0.4, 0.5) is 0 Å². The normalized spacial score (nSPS) is 14.4. The highest BCUT2D eigenvalue weighted by Crippen LogP contribution is 2.19. The van der Waals surface area contributed by atoms with Gasteiger partial charge in [-0.25, -0.2) is 4.98 Å². The van der Waals surface area contributed by atoms with E-state index in [1.54, 1.807) is 0 Å². The van der Waals surface area contributed by atoms with Gasteiger partial charge in [0, 0.05) is 12.7 Å². The smallest absolute Gasteiger partial charge is 0.0948 e. The standard InChI is InChI=1S/C17H25N3/c1-13(2)14(3)11-20-12-19-10-17(20)16(18)9-15-7-5-4-6-8-15/h4-8,10,12-14,16H,9,11,18H2,1-3H3/t14?,16-/m1/s1. The molecule has 1 unspecified atom stereocenters. The van der Waals surface area contributed by atoms with E-state index >= 15 is 0 Å². The number of rotatable bonds is 6. The van der Waals surface area contributed by atoms with Crippen LogP contribution in [0.2, 0.25) is 0 Å². The molecule has 2 rings (SSSR count). The van der Waals surface area contributed by atoms with Crippen LogP contribution in [-0.2, 0) is 13.0 Å². The summed E-state index contributed by atoms with van der Waals surface area (Å²) in [6.45, 7) is 7.77. The molecule has 3 heteroatoms. The predicted molar refractivity (Wildman–Crippen MR) is 83.3 cm³/mol. The Morgan fingerprint density at radius 3 is 2.50 bits per heavy atom. The Morgan fingerprint density at radius 1 is 1.15 bits per heavy atom. The van der Waals surface area contributed by atoms with Crippen molar-refractivity contribution in [3.8, 4) is 0 Å². The second-order valence-corrected chi connectivity index (χ2v) is 5.99. The maximum atomic E-state index is 6.36. The van der Waals surface area contributed by atoms with Crippen LogP contribution >= 0.6 is 0 Å². The van der Waals surface area contributed by atoms with Gasteiger partial charge in [0.15, 0.2) is 0 Å². The fourth-order valence-corrected chi connectivity index (χ4v) is 2.29. The summed E-state index contributed by atoms with van der Waals surface area (Å²) in [5.74, 6) is 1.28. The summed E-state index contributed by atoms with van der Waals surface area (Å²) in [6, 6.07) is 10.4. The van der Waals surface area contributed by atoms with E-state index in [0.717, 1.165) is 18.7 Å². The molecule has 0 fully saturated rings. The number of hydrogen-bond acceptors (Lipinski definition) is 2. The van der Waals surface area contributed by atoms with E-state index in [-0.39, 0.29) is 6.04 Å². The van der Waals surface area contributed by atoms with Crippen LogP contribution in [0.5, 0.6) is 0 Å². The molecule has 0 aliphatic rings. The van der Waals surface area contributed by atoms with E-state index in [1.807, 2.05) is 18.6 Å². The summed E-state index contributed by atoms with van der Waals surface area (Å²) in [7, 11) is 0. The van der Waals surface area contributed by atoms with Crippen LogP contribution in [-0.4, -0.2) is 9.55 Å². The minimum atomic E-state index is -0.000683. The van der Waals surface area contributed by atoms with Gasteiger partial charge in [0.1, 0.15) is 0 Å². The summed E-state index contributed by atoms with van der Waals surface area (Å²) in [5.41, 5.74) is 8.76. The second-order valence-electron chi connectivity index (χ2n) is 5.99. The number of imidazole rings is 1. The van der Waals surface area contributed by atoms with Gasteiger partial charge < -0.3 is 10.3 Å². The first-order valence-electron chi connectivity index (χ1n) is 7.37. The SMILES string of the molecule is CC(C)C(C)Cn1cncc1[C@H](N)Cc1ccccc1. The zero-order valence-electron chi connectivity index (χ0n) is 12.7. The lowest BCUT2D eigenvalue weighted by atomic mass is 9.97. The average molecular weight is 271 g/mol. The highest BCUT2D eigenvalue weighted by Gasteiger charge is 2.15. The summed E-state index contributed by atoms with van der Waals surface area (Å²) in [5, 5.41) is 0. The molecular formula is C17H25N3. The van der Waals surface area contributed by atoms with Crippen LogP contribution < -0.4 is 5.73 Å². The Morgan fingerprint density at radius 2 is 1.85 bits per heavy atom. The lowest BCUT2D eigenvalue weighted by Crippen LogP contribution is -2.21. The Kier molecular flexibility index (Phi) is 4.96. The Balaban J connectivity index is 2.07. The molecule has 1 heterocycles. The number of aromatic nitrogens is 2. The van der Waals surface area contributed by atoms with Crippen molar-refractivity contribution >= 4 is 0 Å². The Bertz CT molecular complexity index is 516. The lowest BCUT2D eigenvalue weighted by molar-refractivity contribution is 0.357. The molecule has 0 spiro atoms. The van der Waals surface area contributed by atoms with Gasteiger partial charge in [-0.1, -0.05) is 51.1 Å². The van der Waals surface area contributed by atoms with E-state index in [4.69, 9.17) is 5.73 Å². The highest BCUT2D eigenvalue weighted by atomic mass is 15.1. The molecule has 0 radical (unpaired) electrons. The molecule has 1 aromatic heterocycles. The van der Waals surface area contributed by atoms with E-state index in [2.05, 4.69) is 54.6 Å². The molecule has 0 saturated heterocycles. The number of hydrogen-bond donors (Lipinski definition) is 1. The fraction of sp³-hybridized carbons (Fsp3) is 0.471. The molecule has 0 aliphatic carbocycles. The fourth-order valence-electron chi connectivity index (χ4n) is 2.29. The van der Waals surface area contributed by atoms with Gasteiger partial charge in [0.25, 0.3) is 0 Å². The third-order valence-electron chi connectivity index (χ3n) is 4.05. The third-order valence-corrected chi connectivity index (χ3v) is 4.05. The summed E-state index contributed by atoms with van der Waals surface area (Å²) < 4.78 is 2.21. The third kappa shape index (κ3) is 3.70. The molecule has 2 atom stereocenters.